The van der Waals surface area contributed by atoms with Crippen molar-refractivity contribution in [2.24, 2.45) is 5.73 Å². The fourth-order valence-corrected chi connectivity index (χ4v) is 5.21. The zero-order chi connectivity index (χ0) is 33.4. The van der Waals surface area contributed by atoms with E-state index in [1.54, 1.807) is 51.2 Å². The van der Waals surface area contributed by atoms with Gasteiger partial charge >= 0.3 is 6.03 Å². The Balaban J connectivity index is 1.43. The first-order valence-electron chi connectivity index (χ1n) is 14.7. The number of pyridine rings is 2. The molecule has 5 rings (SSSR count). The Morgan fingerprint density at radius 1 is 1.09 bits per heavy atom. The summed E-state index contributed by atoms with van der Waals surface area (Å²) in [6, 6.07) is 13.2. The second kappa shape index (κ2) is 12.1. The van der Waals surface area contributed by atoms with Gasteiger partial charge < -0.3 is 31.3 Å². The molecule has 0 fully saturated rings. The van der Waals surface area contributed by atoms with E-state index in [1.807, 2.05) is 0 Å². The van der Waals surface area contributed by atoms with Crippen LogP contribution in [0.15, 0.2) is 60.8 Å². The van der Waals surface area contributed by atoms with Crippen LogP contribution in [-0.4, -0.2) is 56.7 Å². The number of halogens is 1. The summed E-state index contributed by atoms with van der Waals surface area (Å²) in [5, 5.41) is 27.5. The monoisotopic (exact) mass is 629 g/mol. The topological polar surface area (TPSA) is 177 Å². The molecule has 2 aromatic carbocycles. The summed E-state index contributed by atoms with van der Waals surface area (Å²) < 4.78 is 19.6. The minimum atomic E-state index is -1.64. The van der Waals surface area contributed by atoms with Gasteiger partial charge in [-0.15, -0.1) is 0 Å². The zero-order valence-electron chi connectivity index (χ0n) is 26.0. The number of aliphatic hydroxyl groups is 2. The van der Waals surface area contributed by atoms with Gasteiger partial charge in [-0.25, -0.2) is 14.2 Å². The molecule has 0 saturated carbocycles. The van der Waals surface area contributed by atoms with E-state index in [0.717, 1.165) is 0 Å². The minimum Gasteiger partial charge on any atom is -0.489 e. The summed E-state index contributed by atoms with van der Waals surface area (Å²) in [6.45, 7) is 6.26. The van der Waals surface area contributed by atoms with E-state index in [9.17, 15) is 29.0 Å². The third-order valence-electron chi connectivity index (χ3n) is 8.08. The SMILES string of the molecule is CC(C)(O)CNC(=O)Nc1cc(C(=O)CC[C@](C)(O)c2cc3c(c(-c4ccc(F)cc4)n2)OC[C@]3(C)C(N)=O)cc2cccnc12. The van der Waals surface area contributed by atoms with Crippen molar-refractivity contribution in [2.75, 3.05) is 18.5 Å². The van der Waals surface area contributed by atoms with Gasteiger partial charge in [-0.2, -0.15) is 0 Å². The van der Waals surface area contributed by atoms with E-state index in [1.165, 1.54) is 37.3 Å². The van der Waals surface area contributed by atoms with Gasteiger partial charge in [0.25, 0.3) is 0 Å². The Bertz CT molecular complexity index is 1840. The Hall–Kier alpha value is -4.94. The van der Waals surface area contributed by atoms with Crippen molar-refractivity contribution in [2.45, 2.75) is 57.2 Å². The lowest BCUT2D eigenvalue weighted by atomic mass is 9.81. The smallest absolute Gasteiger partial charge is 0.319 e. The molecule has 46 heavy (non-hydrogen) atoms. The first-order valence-corrected chi connectivity index (χ1v) is 14.7. The number of ether oxygens (including phenoxy) is 1. The van der Waals surface area contributed by atoms with Gasteiger partial charge in [0.2, 0.25) is 5.91 Å². The third kappa shape index (κ3) is 6.68. The number of anilines is 1. The third-order valence-corrected chi connectivity index (χ3v) is 8.08. The molecule has 3 heterocycles. The first-order chi connectivity index (χ1) is 21.6. The number of ketones is 1. The summed E-state index contributed by atoms with van der Waals surface area (Å²) in [7, 11) is 0. The second-order valence-electron chi connectivity index (χ2n) is 12.6. The molecule has 12 heteroatoms. The molecule has 2 atom stereocenters. The molecule has 0 radical (unpaired) electrons. The van der Waals surface area contributed by atoms with Crippen LogP contribution >= 0.6 is 0 Å². The minimum absolute atomic E-state index is 0.00220. The summed E-state index contributed by atoms with van der Waals surface area (Å²) in [5.74, 6) is -1.05. The number of rotatable bonds is 10. The lowest BCUT2D eigenvalue weighted by Crippen LogP contribution is -2.40. The van der Waals surface area contributed by atoms with Crippen LogP contribution in [-0.2, 0) is 15.8 Å². The van der Waals surface area contributed by atoms with Crippen molar-refractivity contribution in [3.8, 4) is 17.0 Å². The van der Waals surface area contributed by atoms with Crippen molar-refractivity contribution in [3.05, 3.63) is 83.4 Å². The van der Waals surface area contributed by atoms with Crippen LogP contribution in [0.1, 0.15) is 62.2 Å². The summed E-state index contributed by atoms with van der Waals surface area (Å²) in [4.78, 5) is 47.6. The van der Waals surface area contributed by atoms with Crippen LogP contribution in [0.2, 0.25) is 0 Å². The summed E-state index contributed by atoms with van der Waals surface area (Å²) in [5.41, 5.74) is 4.30. The number of nitrogens with two attached hydrogens (primary N) is 1. The molecule has 0 spiro atoms. The number of carbonyl (C=O) groups excluding carboxylic acids is 3. The van der Waals surface area contributed by atoms with Gasteiger partial charge in [0, 0.05) is 41.2 Å². The number of amides is 3. The molecule has 240 valence electrons. The average molecular weight is 630 g/mol. The second-order valence-corrected chi connectivity index (χ2v) is 12.6. The number of aromatic nitrogens is 2. The molecule has 0 aliphatic carbocycles. The predicted octanol–water partition coefficient (Wildman–Crippen LogP) is 4.33. The molecule has 0 saturated heterocycles. The van der Waals surface area contributed by atoms with E-state index >= 15 is 0 Å². The lowest BCUT2D eigenvalue weighted by molar-refractivity contribution is -0.123. The Morgan fingerprint density at radius 3 is 2.48 bits per heavy atom. The van der Waals surface area contributed by atoms with E-state index in [-0.39, 0.29) is 43.0 Å². The first kappa shape index (κ1) is 32.5. The molecule has 0 bridgehead atoms. The highest BCUT2D eigenvalue weighted by atomic mass is 19.1. The number of urea groups is 1. The number of nitrogens with zero attached hydrogens (tertiary/aromatic N) is 2. The molecular formula is C34H36FN5O6. The van der Waals surface area contributed by atoms with Crippen molar-refractivity contribution in [3.63, 3.8) is 0 Å². The van der Waals surface area contributed by atoms with Crippen LogP contribution in [0.5, 0.6) is 5.75 Å². The van der Waals surface area contributed by atoms with E-state index in [2.05, 4.69) is 20.6 Å². The van der Waals surface area contributed by atoms with Gasteiger partial charge in [0.1, 0.15) is 34.9 Å². The maximum Gasteiger partial charge on any atom is 0.319 e. The lowest BCUT2D eigenvalue weighted by Gasteiger charge is -2.26. The number of primary amides is 1. The zero-order valence-corrected chi connectivity index (χ0v) is 26.0. The molecule has 3 amide bonds. The van der Waals surface area contributed by atoms with Gasteiger partial charge in [0.05, 0.1) is 22.5 Å². The number of hydrogen-bond acceptors (Lipinski definition) is 8. The molecule has 11 nitrogen and oxygen atoms in total. The fraction of sp³-hybridized carbons (Fsp3) is 0.324. The average Bonchev–Trinajstić information content (AvgIpc) is 3.36. The van der Waals surface area contributed by atoms with Gasteiger partial charge in [-0.1, -0.05) is 6.07 Å². The number of nitrogens with one attached hydrogen (secondary N) is 2. The Labute approximate surface area is 265 Å². The molecule has 4 aromatic rings. The highest BCUT2D eigenvalue weighted by molar-refractivity contribution is 6.06. The van der Waals surface area contributed by atoms with Crippen molar-refractivity contribution in [1.82, 2.24) is 15.3 Å². The maximum absolute atomic E-state index is 13.7. The van der Waals surface area contributed by atoms with Crippen molar-refractivity contribution >= 4 is 34.3 Å². The number of benzene rings is 2. The Morgan fingerprint density at radius 2 is 1.80 bits per heavy atom. The van der Waals surface area contributed by atoms with Gasteiger partial charge in [-0.3, -0.25) is 14.6 Å². The van der Waals surface area contributed by atoms with E-state index in [0.29, 0.717) is 39.2 Å². The van der Waals surface area contributed by atoms with Crippen LogP contribution < -0.4 is 21.1 Å². The van der Waals surface area contributed by atoms with Crippen molar-refractivity contribution in [1.29, 1.82) is 0 Å². The highest BCUT2D eigenvalue weighted by Crippen LogP contribution is 2.46. The van der Waals surface area contributed by atoms with Crippen LogP contribution in [0.3, 0.4) is 0 Å². The highest BCUT2D eigenvalue weighted by Gasteiger charge is 2.45. The fourth-order valence-electron chi connectivity index (χ4n) is 5.21. The molecule has 2 aromatic heterocycles. The normalized spacial score (nSPS) is 17.1. The maximum atomic E-state index is 13.7. The Kier molecular flexibility index (Phi) is 8.54. The number of hydrogen-bond donors (Lipinski definition) is 5. The van der Waals surface area contributed by atoms with Crippen LogP contribution in [0, 0.1) is 5.82 Å². The number of carbonyl (C=O) groups is 3. The quantitative estimate of drug-likeness (QED) is 0.161. The van der Waals surface area contributed by atoms with E-state index < -0.39 is 34.4 Å². The van der Waals surface area contributed by atoms with Gasteiger partial charge in [0.15, 0.2) is 5.78 Å². The predicted molar refractivity (Wildman–Crippen MR) is 170 cm³/mol. The van der Waals surface area contributed by atoms with E-state index in [4.69, 9.17) is 10.5 Å². The number of fused-ring (bicyclic) bond motifs is 2. The van der Waals surface area contributed by atoms with Crippen molar-refractivity contribution < 1.29 is 33.7 Å². The molecule has 1 aliphatic heterocycles. The van der Waals surface area contributed by atoms with Crippen LogP contribution in [0.25, 0.3) is 22.2 Å². The summed E-state index contributed by atoms with van der Waals surface area (Å²) >= 11 is 0. The largest absolute Gasteiger partial charge is 0.489 e. The molecule has 0 unspecified atom stereocenters. The number of Topliss-reactive ketones (excluding diaryl/α,β-unsaturated/α-hetero) is 1. The van der Waals surface area contributed by atoms with Gasteiger partial charge in [-0.05, 0) is 82.6 Å². The van der Waals surface area contributed by atoms with Crippen LogP contribution in [0.4, 0.5) is 14.9 Å². The standard InChI is InChI=1S/C34H36FN5O6/c1-32(2,44)17-38-31(43)39-24-15-21(14-20-6-5-13-37-27(20)24)25(41)11-12-34(4,45)26-16-23-29(46-18-33(23,3)30(36)42)28(40-26)19-7-9-22(35)10-8-19/h5-10,13-16,44-45H,11-12,17-18H2,1-4H3,(H2,36,42)(H2,38,39,43)/t33-,34-/m0/s1. The summed E-state index contributed by atoms with van der Waals surface area (Å²) in [6.07, 6.45) is 1.42. The molecule has 6 N–H and O–H groups in total. The molecular weight excluding hydrogens is 593 g/mol. The molecule has 1 aliphatic rings.